The van der Waals surface area contributed by atoms with Crippen molar-refractivity contribution in [3.8, 4) is 5.75 Å². The molecule has 178 valence electrons. The minimum atomic E-state index is -3.60. The third-order valence-corrected chi connectivity index (χ3v) is 7.61. The predicted octanol–water partition coefficient (Wildman–Crippen LogP) is 2.96. The van der Waals surface area contributed by atoms with Crippen LogP contribution in [0.25, 0.3) is 0 Å². The fourth-order valence-electron chi connectivity index (χ4n) is 3.70. The molecule has 1 aliphatic rings. The first-order valence-corrected chi connectivity index (χ1v) is 12.0. The molecule has 1 amide bonds. The van der Waals surface area contributed by atoms with E-state index in [2.05, 4.69) is 0 Å². The van der Waals surface area contributed by atoms with Crippen molar-refractivity contribution < 1.29 is 31.9 Å². The van der Waals surface area contributed by atoms with E-state index in [1.807, 2.05) is 0 Å². The minimum absolute atomic E-state index is 0.0185. The number of hydrogen-bond acceptors (Lipinski definition) is 6. The monoisotopic (exact) mass is 478 g/mol. The number of halogens is 1. The van der Waals surface area contributed by atoms with E-state index in [-0.39, 0.29) is 36.1 Å². The van der Waals surface area contributed by atoms with Crippen LogP contribution in [0.3, 0.4) is 0 Å². The van der Waals surface area contributed by atoms with Crippen LogP contribution >= 0.6 is 0 Å². The molecule has 0 aliphatic carbocycles. The summed E-state index contributed by atoms with van der Waals surface area (Å²) in [6, 6.07) is 10.3. The quantitative estimate of drug-likeness (QED) is 0.515. The zero-order chi connectivity index (χ0) is 24.2. The van der Waals surface area contributed by atoms with E-state index in [1.165, 1.54) is 40.6 Å². The molecule has 10 heteroatoms. The van der Waals surface area contributed by atoms with E-state index in [9.17, 15) is 22.4 Å². The Balaban J connectivity index is 1.64. The summed E-state index contributed by atoms with van der Waals surface area (Å²) in [6.07, 6.45) is -0.0185. The molecular formula is C23H27FN2O6S. The summed E-state index contributed by atoms with van der Waals surface area (Å²) in [4.78, 5) is 26.5. The van der Waals surface area contributed by atoms with Crippen LogP contribution in [0.2, 0.25) is 0 Å². The van der Waals surface area contributed by atoms with Crippen LogP contribution in [-0.2, 0) is 31.0 Å². The highest BCUT2D eigenvalue weighted by Crippen LogP contribution is 2.28. The van der Waals surface area contributed by atoms with E-state index in [0.717, 1.165) is 0 Å². The molecular weight excluding hydrogens is 451 g/mol. The smallest absolute Gasteiger partial charge is 0.311 e. The summed E-state index contributed by atoms with van der Waals surface area (Å²) >= 11 is 0. The van der Waals surface area contributed by atoms with Gasteiger partial charge in [-0.15, -0.1) is 0 Å². The van der Waals surface area contributed by atoms with E-state index in [1.54, 1.807) is 32.0 Å². The summed E-state index contributed by atoms with van der Waals surface area (Å²) in [5.74, 6) is -1.94. The summed E-state index contributed by atoms with van der Waals surface area (Å²) in [6.45, 7) is 4.25. The maximum atomic E-state index is 13.8. The van der Waals surface area contributed by atoms with Gasteiger partial charge in [0.1, 0.15) is 6.61 Å². The molecule has 33 heavy (non-hydrogen) atoms. The fourth-order valence-corrected chi connectivity index (χ4v) is 5.16. The second-order valence-electron chi connectivity index (χ2n) is 7.57. The largest absolute Gasteiger partial charge is 0.494 e. The van der Waals surface area contributed by atoms with Crippen molar-refractivity contribution in [3.63, 3.8) is 0 Å². The van der Waals surface area contributed by atoms with Gasteiger partial charge >= 0.3 is 5.97 Å². The molecule has 1 atom stereocenters. The van der Waals surface area contributed by atoms with Crippen molar-refractivity contribution in [3.05, 3.63) is 53.8 Å². The maximum absolute atomic E-state index is 13.8. The molecule has 1 fully saturated rings. The van der Waals surface area contributed by atoms with E-state index in [4.69, 9.17) is 9.47 Å². The highest BCUT2D eigenvalue weighted by Gasteiger charge is 2.36. The van der Waals surface area contributed by atoms with Gasteiger partial charge in [0.05, 0.1) is 17.9 Å². The Kier molecular flexibility index (Phi) is 7.70. The van der Waals surface area contributed by atoms with Gasteiger partial charge in [-0.25, -0.2) is 12.8 Å². The van der Waals surface area contributed by atoms with Crippen molar-refractivity contribution in [2.24, 2.45) is 5.92 Å². The van der Waals surface area contributed by atoms with Crippen LogP contribution in [-0.4, -0.2) is 51.3 Å². The van der Waals surface area contributed by atoms with Gasteiger partial charge in [-0.05, 0) is 42.0 Å². The number of benzene rings is 2. The Labute approximate surface area is 192 Å². The molecule has 1 unspecified atom stereocenters. The lowest BCUT2D eigenvalue weighted by atomic mass is 10.1. The molecule has 1 heterocycles. The lowest BCUT2D eigenvalue weighted by Gasteiger charge is -2.20. The van der Waals surface area contributed by atoms with E-state index < -0.39 is 27.7 Å². The lowest BCUT2D eigenvalue weighted by Crippen LogP contribution is -2.30. The van der Waals surface area contributed by atoms with Gasteiger partial charge in [0.2, 0.25) is 15.9 Å². The first kappa shape index (κ1) is 24.7. The number of hydrogen-bond donors (Lipinski definition) is 0. The molecule has 1 aliphatic heterocycles. The molecule has 0 aromatic heterocycles. The summed E-state index contributed by atoms with van der Waals surface area (Å²) in [5.41, 5.74) is 0.971. The number of rotatable bonds is 9. The Morgan fingerprint density at radius 2 is 1.82 bits per heavy atom. The molecule has 2 aromatic carbocycles. The number of nitrogens with zero attached hydrogens (tertiary/aromatic N) is 2. The van der Waals surface area contributed by atoms with Gasteiger partial charge in [-0.2, -0.15) is 4.31 Å². The highest BCUT2D eigenvalue weighted by molar-refractivity contribution is 7.89. The third kappa shape index (κ3) is 5.33. The zero-order valence-electron chi connectivity index (χ0n) is 18.8. The number of methoxy groups -OCH3 is 1. The maximum Gasteiger partial charge on any atom is 0.311 e. The van der Waals surface area contributed by atoms with Crippen LogP contribution in [0.1, 0.15) is 25.8 Å². The average molecular weight is 479 g/mol. The van der Waals surface area contributed by atoms with E-state index >= 15 is 0 Å². The Morgan fingerprint density at radius 3 is 2.39 bits per heavy atom. The molecule has 1 saturated heterocycles. The van der Waals surface area contributed by atoms with Crippen LogP contribution < -0.4 is 9.64 Å². The van der Waals surface area contributed by atoms with Gasteiger partial charge in [0.15, 0.2) is 11.6 Å². The van der Waals surface area contributed by atoms with Crippen LogP contribution in [0.5, 0.6) is 5.75 Å². The zero-order valence-corrected chi connectivity index (χ0v) is 19.6. The lowest BCUT2D eigenvalue weighted by molar-refractivity contribution is -0.149. The number of anilines is 1. The standard InChI is InChI=1S/C23H27FN2O6S/c1-4-25(5-2)33(29,30)19-9-7-18(8-10-19)26-14-17(13-22(26)27)23(28)32-15-16-6-11-21(31-3)20(24)12-16/h6-12,17H,4-5,13-15H2,1-3H3. The fraction of sp³-hybridized carbons (Fsp3) is 0.391. The predicted molar refractivity (Wildman–Crippen MR) is 120 cm³/mol. The number of sulfonamides is 1. The first-order valence-electron chi connectivity index (χ1n) is 10.6. The topological polar surface area (TPSA) is 93.2 Å². The Morgan fingerprint density at radius 1 is 1.15 bits per heavy atom. The van der Waals surface area contributed by atoms with Crippen molar-refractivity contribution in [2.45, 2.75) is 31.8 Å². The molecule has 3 rings (SSSR count). The normalized spacial score (nSPS) is 16.3. The first-order chi connectivity index (χ1) is 15.7. The van der Waals surface area contributed by atoms with Crippen molar-refractivity contribution >= 4 is 27.6 Å². The number of esters is 1. The second-order valence-corrected chi connectivity index (χ2v) is 9.50. The molecule has 0 radical (unpaired) electrons. The Hall–Kier alpha value is -2.98. The van der Waals surface area contributed by atoms with Gasteiger partial charge in [-0.1, -0.05) is 19.9 Å². The molecule has 8 nitrogen and oxygen atoms in total. The van der Waals surface area contributed by atoms with Crippen molar-refractivity contribution in [1.29, 1.82) is 0 Å². The van der Waals surface area contributed by atoms with Gasteiger partial charge in [-0.3, -0.25) is 9.59 Å². The number of carbonyl (C=O) groups excluding carboxylic acids is 2. The summed E-state index contributed by atoms with van der Waals surface area (Å²) < 4.78 is 50.5. The van der Waals surface area contributed by atoms with Crippen LogP contribution in [0.15, 0.2) is 47.4 Å². The van der Waals surface area contributed by atoms with Crippen LogP contribution in [0.4, 0.5) is 10.1 Å². The highest BCUT2D eigenvalue weighted by atomic mass is 32.2. The molecule has 0 bridgehead atoms. The SMILES string of the molecule is CCN(CC)S(=O)(=O)c1ccc(N2CC(C(=O)OCc3ccc(OC)c(F)c3)CC2=O)cc1. The minimum Gasteiger partial charge on any atom is -0.494 e. The second kappa shape index (κ2) is 10.3. The molecule has 0 saturated carbocycles. The molecule has 2 aromatic rings. The van der Waals surface area contributed by atoms with Crippen molar-refractivity contribution in [2.75, 3.05) is 31.6 Å². The summed E-state index contributed by atoms with van der Waals surface area (Å²) in [7, 11) is -2.24. The third-order valence-electron chi connectivity index (χ3n) is 5.55. The molecule has 0 spiro atoms. The van der Waals surface area contributed by atoms with Crippen molar-refractivity contribution in [1.82, 2.24) is 4.31 Å². The van der Waals surface area contributed by atoms with Gasteiger partial charge in [0.25, 0.3) is 0 Å². The van der Waals surface area contributed by atoms with Crippen LogP contribution in [0, 0.1) is 11.7 Å². The number of ether oxygens (including phenoxy) is 2. The Bertz CT molecular complexity index is 1120. The number of amides is 1. The molecule has 0 N–H and O–H groups in total. The van der Waals surface area contributed by atoms with Gasteiger partial charge < -0.3 is 14.4 Å². The average Bonchev–Trinajstić information content (AvgIpc) is 3.20. The van der Waals surface area contributed by atoms with Gasteiger partial charge in [0, 0.05) is 31.7 Å². The van der Waals surface area contributed by atoms with E-state index in [0.29, 0.717) is 24.3 Å². The summed E-state index contributed by atoms with van der Waals surface area (Å²) in [5, 5.41) is 0. The number of carbonyl (C=O) groups is 2.